The Balaban J connectivity index is 1.78. The van der Waals surface area contributed by atoms with Crippen molar-refractivity contribution >= 4 is 16.8 Å². The number of likely N-dealkylation sites (tertiary alicyclic amines) is 1. The van der Waals surface area contributed by atoms with Crippen molar-refractivity contribution in [2.45, 2.75) is 31.3 Å². The van der Waals surface area contributed by atoms with Gasteiger partial charge in [-0.3, -0.25) is 4.79 Å². The minimum absolute atomic E-state index is 0.0187. The Labute approximate surface area is 147 Å². The van der Waals surface area contributed by atoms with Crippen molar-refractivity contribution in [3.63, 3.8) is 0 Å². The summed E-state index contributed by atoms with van der Waals surface area (Å²) in [5, 5.41) is 11.2. The zero-order valence-electron chi connectivity index (χ0n) is 14.1. The van der Waals surface area contributed by atoms with Gasteiger partial charge in [0.15, 0.2) is 0 Å². The van der Waals surface area contributed by atoms with Gasteiger partial charge in [0.05, 0.1) is 18.7 Å². The van der Waals surface area contributed by atoms with Crippen LogP contribution >= 0.6 is 0 Å². The number of fused-ring (bicyclic) bond motifs is 1. The smallest absolute Gasteiger partial charge is 0.223 e. The van der Waals surface area contributed by atoms with E-state index in [1.165, 1.54) is 0 Å². The third-order valence-electron chi connectivity index (χ3n) is 5.17. The number of aromatic nitrogens is 1. The normalized spacial score (nSPS) is 19.3. The van der Waals surface area contributed by atoms with E-state index in [2.05, 4.69) is 17.1 Å². The van der Waals surface area contributed by atoms with Crippen molar-refractivity contribution in [3.05, 3.63) is 71.9 Å². The van der Waals surface area contributed by atoms with Crippen LogP contribution in [0.15, 0.2) is 60.8 Å². The van der Waals surface area contributed by atoms with Crippen LogP contribution in [0.1, 0.15) is 42.5 Å². The van der Waals surface area contributed by atoms with Crippen molar-refractivity contribution in [1.29, 1.82) is 0 Å². The van der Waals surface area contributed by atoms with Gasteiger partial charge in [-0.1, -0.05) is 48.5 Å². The van der Waals surface area contributed by atoms with Gasteiger partial charge in [0.1, 0.15) is 0 Å². The molecular weight excluding hydrogens is 312 g/mol. The number of aromatic amines is 1. The van der Waals surface area contributed by atoms with Crippen LogP contribution in [0.5, 0.6) is 0 Å². The minimum Gasteiger partial charge on any atom is -0.394 e. The molecule has 0 spiro atoms. The van der Waals surface area contributed by atoms with Crippen molar-refractivity contribution in [2.75, 3.05) is 6.61 Å². The van der Waals surface area contributed by atoms with Gasteiger partial charge >= 0.3 is 0 Å². The first kappa shape index (κ1) is 15.9. The topological polar surface area (TPSA) is 56.3 Å². The van der Waals surface area contributed by atoms with Crippen LogP contribution in [-0.4, -0.2) is 27.5 Å². The average Bonchev–Trinajstić information content (AvgIpc) is 3.08. The number of carbonyl (C=O) groups is 1. The number of aliphatic hydroxyl groups excluding tert-OH is 1. The Morgan fingerprint density at radius 1 is 1.12 bits per heavy atom. The Hall–Kier alpha value is -2.59. The predicted molar refractivity (Wildman–Crippen MR) is 98.0 cm³/mol. The van der Waals surface area contributed by atoms with E-state index in [1.807, 2.05) is 53.6 Å². The lowest BCUT2D eigenvalue weighted by Crippen LogP contribution is -2.42. The Bertz CT molecular complexity index is 872. The summed E-state index contributed by atoms with van der Waals surface area (Å²) in [4.78, 5) is 18.0. The zero-order chi connectivity index (χ0) is 17.2. The first-order valence-electron chi connectivity index (χ1n) is 8.82. The van der Waals surface area contributed by atoms with Crippen LogP contribution in [0.3, 0.4) is 0 Å². The first-order chi connectivity index (χ1) is 12.3. The van der Waals surface area contributed by atoms with Gasteiger partial charge < -0.3 is 15.0 Å². The third kappa shape index (κ3) is 2.83. The van der Waals surface area contributed by atoms with E-state index in [-0.39, 0.29) is 24.6 Å². The fraction of sp³-hybridized carbons (Fsp3) is 0.286. The molecule has 1 saturated heterocycles. The molecule has 2 aromatic carbocycles. The molecule has 1 aliphatic rings. The number of benzene rings is 2. The van der Waals surface area contributed by atoms with Gasteiger partial charge in [0, 0.05) is 23.5 Å². The second-order valence-electron chi connectivity index (χ2n) is 6.61. The maximum Gasteiger partial charge on any atom is 0.223 e. The molecule has 0 saturated carbocycles. The van der Waals surface area contributed by atoms with Gasteiger partial charge in [-0.2, -0.15) is 0 Å². The summed E-state index contributed by atoms with van der Waals surface area (Å²) in [5.74, 6) is 0.115. The van der Waals surface area contributed by atoms with E-state index in [0.29, 0.717) is 6.42 Å². The number of hydrogen-bond donors (Lipinski definition) is 2. The quantitative estimate of drug-likeness (QED) is 0.759. The van der Waals surface area contributed by atoms with Crippen molar-refractivity contribution in [2.24, 2.45) is 0 Å². The first-order valence-corrected chi connectivity index (χ1v) is 8.82. The van der Waals surface area contributed by atoms with Gasteiger partial charge in [-0.25, -0.2) is 0 Å². The standard InChI is InChI=1S/C21H22N2O2/c24-14-20(15-7-2-1-3-8-15)23-19(11-6-12-21(23)25)17-13-22-18-10-5-4-9-16(17)18/h1-5,7-10,13,19-20,22,24H,6,11-12,14H2/t19-,20-/m0/s1. The summed E-state index contributed by atoms with van der Waals surface area (Å²) in [7, 11) is 0. The molecule has 0 bridgehead atoms. The Morgan fingerprint density at radius 3 is 2.68 bits per heavy atom. The van der Waals surface area contributed by atoms with E-state index in [9.17, 15) is 9.90 Å². The summed E-state index contributed by atoms with van der Waals surface area (Å²) >= 11 is 0. The molecule has 0 radical (unpaired) electrons. The Morgan fingerprint density at radius 2 is 1.88 bits per heavy atom. The molecule has 2 atom stereocenters. The number of piperidine rings is 1. The molecule has 1 aromatic heterocycles. The van der Waals surface area contributed by atoms with Crippen LogP contribution in [-0.2, 0) is 4.79 Å². The second-order valence-corrected chi connectivity index (χ2v) is 6.61. The molecule has 4 heteroatoms. The van der Waals surface area contributed by atoms with Crippen LogP contribution in [0, 0.1) is 0 Å². The molecule has 2 N–H and O–H groups in total. The number of H-pyrrole nitrogens is 1. The highest BCUT2D eigenvalue weighted by Gasteiger charge is 2.36. The number of carbonyl (C=O) groups excluding carboxylic acids is 1. The fourth-order valence-corrected chi connectivity index (χ4v) is 3.98. The molecular formula is C21H22N2O2. The number of nitrogens with zero attached hydrogens (tertiary/aromatic N) is 1. The molecule has 1 fully saturated rings. The summed E-state index contributed by atoms with van der Waals surface area (Å²) in [5.41, 5.74) is 3.19. The molecule has 0 aliphatic carbocycles. The monoisotopic (exact) mass is 334 g/mol. The van der Waals surface area contributed by atoms with Gasteiger partial charge in [0.25, 0.3) is 0 Å². The lowest BCUT2D eigenvalue weighted by atomic mass is 9.91. The largest absolute Gasteiger partial charge is 0.394 e. The highest BCUT2D eigenvalue weighted by atomic mass is 16.3. The number of rotatable bonds is 4. The van der Waals surface area contributed by atoms with Gasteiger partial charge in [-0.05, 0) is 30.0 Å². The number of para-hydroxylation sites is 1. The molecule has 25 heavy (non-hydrogen) atoms. The van der Waals surface area contributed by atoms with Crippen LogP contribution in [0.2, 0.25) is 0 Å². The molecule has 1 aliphatic heterocycles. The lowest BCUT2D eigenvalue weighted by molar-refractivity contribution is -0.141. The number of aliphatic hydroxyl groups is 1. The fourth-order valence-electron chi connectivity index (χ4n) is 3.98. The summed E-state index contributed by atoms with van der Waals surface area (Å²) < 4.78 is 0. The van der Waals surface area contributed by atoms with Crippen LogP contribution in [0.4, 0.5) is 0 Å². The second kappa shape index (κ2) is 6.73. The number of hydrogen-bond acceptors (Lipinski definition) is 2. The van der Waals surface area contributed by atoms with E-state index in [0.717, 1.165) is 34.9 Å². The third-order valence-corrected chi connectivity index (χ3v) is 5.17. The maximum absolute atomic E-state index is 12.8. The van der Waals surface area contributed by atoms with Crippen LogP contribution in [0.25, 0.3) is 10.9 Å². The highest BCUT2D eigenvalue weighted by molar-refractivity contribution is 5.85. The maximum atomic E-state index is 12.8. The molecule has 1 amide bonds. The van der Waals surface area contributed by atoms with E-state index >= 15 is 0 Å². The highest BCUT2D eigenvalue weighted by Crippen LogP contribution is 2.40. The molecule has 4 rings (SSSR count). The molecule has 4 nitrogen and oxygen atoms in total. The average molecular weight is 334 g/mol. The minimum atomic E-state index is -0.312. The van der Waals surface area contributed by atoms with E-state index in [1.54, 1.807) is 0 Å². The van der Waals surface area contributed by atoms with Crippen molar-refractivity contribution < 1.29 is 9.90 Å². The molecule has 3 aromatic rings. The lowest BCUT2D eigenvalue weighted by Gasteiger charge is -2.41. The zero-order valence-corrected chi connectivity index (χ0v) is 14.1. The summed E-state index contributed by atoms with van der Waals surface area (Å²) in [6.07, 6.45) is 4.35. The summed E-state index contributed by atoms with van der Waals surface area (Å²) in [6.45, 7) is -0.0748. The van der Waals surface area contributed by atoms with E-state index < -0.39 is 0 Å². The van der Waals surface area contributed by atoms with Crippen molar-refractivity contribution in [3.8, 4) is 0 Å². The predicted octanol–water partition coefficient (Wildman–Crippen LogP) is 3.96. The molecule has 128 valence electrons. The SMILES string of the molecule is O=C1CCC[C@@H](c2c[nH]c3ccccc23)N1[C@@H](CO)c1ccccc1. The molecule has 0 unspecified atom stereocenters. The number of nitrogens with one attached hydrogen (secondary N) is 1. The number of amides is 1. The summed E-state index contributed by atoms with van der Waals surface area (Å²) in [6, 6.07) is 17.7. The Kier molecular flexibility index (Phi) is 4.28. The van der Waals surface area contributed by atoms with Gasteiger partial charge in [0.2, 0.25) is 5.91 Å². The van der Waals surface area contributed by atoms with Crippen molar-refractivity contribution in [1.82, 2.24) is 9.88 Å². The van der Waals surface area contributed by atoms with Crippen LogP contribution < -0.4 is 0 Å². The van der Waals surface area contributed by atoms with E-state index in [4.69, 9.17) is 0 Å². The van der Waals surface area contributed by atoms with Gasteiger partial charge in [-0.15, -0.1) is 0 Å². The molecule has 2 heterocycles.